The van der Waals surface area contributed by atoms with Crippen LogP contribution in [0, 0.1) is 0 Å². The molecular weight excluding hydrogens is 289 g/mol. The van der Waals surface area contributed by atoms with E-state index in [0.29, 0.717) is 6.54 Å². The Balaban J connectivity index is 2.32. The van der Waals surface area contributed by atoms with Gasteiger partial charge in [-0.2, -0.15) is 0 Å². The van der Waals surface area contributed by atoms with E-state index >= 15 is 0 Å². The number of carbonyl (C=O) groups excluding carboxylic acids is 1. The highest BCUT2D eigenvalue weighted by atomic mass is 32.9. The number of amides is 1. The lowest BCUT2D eigenvalue weighted by Crippen LogP contribution is -2.24. The summed E-state index contributed by atoms with van der Waals surface area (Å²) in [5, 5.41) is 2.82. The summed E-state index contributed by atoms with van der Waals surface area (Å²) in [6.45, 7) is 0.517. The van der Waals surface area contributed by atoms with Crippen molar-refractivity contribution in [2.45, 2.75) is 6.54 Å². The lowest BCUT2D eigenvalue weighted by molar-refractivity contribution is -0.118. The molecule has 0 atom stereocenters. The molecule has 0 unspecified atom stereocenters. The molecule has 0 bridgehead atoms. The third kappa shape index (κ3) is 5.50. The van der Waals surface area contributed by atoms with Crippen LogP contribution in [0.15, 0.2) is 30.3 Å². The van der Waals surface area contributed by atoms with Gasteiger partial charge in [0.05, 0.1) is 5.75 Å². The molecule has 0 aliphatic rings. The second-order valence-corrected chi connectivity index (χ2v) is 9.87. The highest BCUT2D eigenvalue weighted by Gasteiger charge is 2.17. The summed E-state index contributed by atoms with van der Waals surface area (Å²) in [5.41, 5.74) is -1.28. The largest absolute Gasteiger partial charge is 0.351 e. The minimum Gasteiger partial charge on any atom is -0.351 e. The molecule has 1 rings (SSSR count). The summed E-state index contributed by atoms with van der Waals surface area (Å²) in [6, 6.07) is 9.73. The topological polar surface area (TPSA) is 47.6 Å². The van der Waals surface area contributed by atoms with Crippen molar-refractivity contribution in [2.75, 3.05) is 20.0 Å². The molecule has 0 heterocycles. The number of hydrogen-bond donors (Lipinski definition) is 1. The molecule has 18 heavy (non-hydrogen) atoms. The Kier molecular flexibility index (Phi) is 6.89. The molecule has 0 saturated heterocycles. The summed E-state index contributed by atoms with van der Waals surface area (Å²) in [5.74, 6) is 0.165. The van der Waals surface area contributed by atoms with Crippen LogP contribution in [-0.4, -0.2) is 25.9 Å². The standard InChI is InChI=1S/C11H16NO3PS2/c1-14-16(17,15-2)18-9-11(13)12-8-10-6-4-3-5-7-10/h3-7H,8-9H2,1-2H3,(H,12,13). The Bertz CT molecular complexity index is 420. The summed E-state index contributed by atoms with van der Waals surface area (Å²) in [6.07, 6.45) is 0. The van der Waals surface area contributed by atoms with Crippen molar-refractivity contribution in [3.8, 4) is 0 Å². The minimum absolute atomic E-state index is 0.0767. The SMILES string of the molecule is COP(=S)(OC)SCC(=O)NCc1ccccc1. The molecule has 0 radical (unpaired) electrons. The van der Waals surface area contributed by atoms with E-state index in [1.807, 2.05) is 30.3 Å². The molecule has 0 aliphatic heterocycles. The van der Waals surface area contributed by atoms with Crippen LogP contribution in [0.2, 0.25) is 0 Å². The number of carbonyl (C=O) groups is 1. The molecular formula is C11H16NO3PS2. The third-order valence-electron chi connectivity index (χ3n) is 2.13. The average Bonchev–Trinajstić information content (AvgIpc) is 2.43. The Morgan fingerprint density at radius 1 is 1.33 bits per heavy atom. The van der Waals surface area contributed by atoms with Gasteiger partial charge in [0.25, 0.3) is 0 Å². The quantitative estimate of drug-likeness (QED) is 0.785. The minimum atomic E-state index is -2.34. The summed E-state index contributed by atoms with van der Waals surface area (Å²) in [4.78, 5) is 11.6. The van der Waals surface area contributed by atoms with Crippen molar-refractivity contribution in [3.63, 3.8) is 0 Å². The number of rotatable bonds is 7. The van der Waals surface area contributed by atoms with Crippen LogP contribution in [0.5, 0.6) is 0 Å². The fraction of sp³-hybridized carbons (Fsp3) is 0.364. The Morgan fingerprint density at radius 3 is 2.50 bits per heavy atom. The molecule has 0 spiro atoms. The van der Waals surface area contributed by atoms with E-state index in [0.717, 1.165) is 5.56 Å². The van der Waals surface area contributed by atoms with Gasteiger partial charge in [-0.15, -0.1) is 0 Å². The molecule has 0 saturated carbocycles. The van der Waals surface area contributed by atoms with Gasteiger partial charge in [-0.3, -0.25) is 4.79 Å². The van der Waals surface area contributed by atoms with Crippen LogP contribution in [0.4, 0.5) is 0 Å². The van der Waals surface area contributed by atoms with Gasteiger partial charge >= 0.3 is 0 Å². The van der Waals surface area contributed by atoms with Crippen molar-refractivity contribution in [1.29, 1.82) is 0 Å². The highest BCUT2D eigenvalue weighted by Crippen LogP contribution is 2.59. The summed E-state index contributed by atoms with van der Waals surface area (Å²) < 4.78 is 10.2. The molecule has 1 aromatic rings. The van der Waals surface area contributed by atoms with Crippen molar-refractivity contribution in [1.82, 2.24) is 5.32 Å². The normalized spacial score (nSPS) is 11.2. The van der Waals surface area contributed by atoms with Crippen LogP contribution >= 0.6 is 17.1 Å². The molecule has 0 aromatic heterocycles. The van der Waals surface area contributed by atoms with E-state index in [2.05, 4.69) is 5.32 Å². The molecule has 1 N–H and O–H groups in total. The van der Waals surface area contributed by atoms with Gasteiger partial charge in [0, 0.05) is 20.8 Å². The fourth-order valence-corrected chi connectivity index (χ4v) is 3.84. The van der Waals surface area contributed by atoms with Crippen molar-refractivity contribution >= 4 is 34.8 Å². The van der Waals surface area contributed by atoms with E-state index in [-0.39, 0.29) is 11.7 Å². The molecule has 4 nitrogen and oxygen atoms in total. The monoisotopic (exact) mass is 305 g/mol. The predicted octanol–water partition coefficient (Wildman–Crippen LogP) is 2.55. The smallest absolute Gasteiger partial charge is 0.247 e. The Labute approximate surface area is 116 Å². The summed E-state index contributed by atoms with van der Waals surface area (Å²) in [7, 11) is 3.00. The van der Waals surface area contributed by atoms with Gasteiger partial charge in [-0.05, 0) is 17.4 Å². The maximum atomic E-state index is 11.6. The molecule has 7 heteroatoms. The molecule has 0 aliphatic carbocycles. The third-order valence-corrected chi connectivity index (χ3v) is 7.81. The lowest BCUT2D eigenvalue weighted by Gasteiger charge is -2.16. The second-order valence-electron chi connectivity index (χ2n) is 3.35. The first-order valence-corrected chi connectivity index (χ1v) is 9.49. The van der Waals surface area contributed by atoms with Crippen LogP contribution in [-0.2, 0) is 32.2 Å². The lowest BCUT2D eigenvalue weighted by atomic mass is 10.2. The fourth-order valence-electron chi connectivity index (χ4n) is 1.17. The first-order valence-electron chi connectivity index (χ1n) is 5.26. The zero-order chi connectivity index (χ0) is 13.4. The van der Waals surface area contributed by atoms with E-state index in [9.17, 15) is 4.79 Å². The zero-order valence-electron chi connectivity index (χ0n) is 10.3. The predicted molar refractivity (Wildman–Crippen MR) is 79.0 cm³/mol. The van der Waals surface area contributed by atoms with Crippen molar-refractivity contribution in [2.24, 2.45) is 0 Å². The van der Waals surface area contributed by atoms with Gasteiger partial charge in [0.1, 0.15) is 0 Å². The van der Waals surface area contributed by atoms with Crippen LogP contribution in [0.3, 0.4) is 0 Å². The summed E-state index contributed by atoms with van der Waals surface area (Å²) >= 11 is 6.39. The van der Waals surface area contributed by atoms with E-state index in [4.69, 9.17) is 20.9 Å². The van der Waals surface area contributed by atoms with Crippen LogP contribution in [0.1, 0.15) is 5.56 Å². The number of nitrogens with one attached hydrogen (secondary N) is 1. The first kappa shape index (κ1) is 15.7. The van der Waals surface area contributed by atoms with Gasteiger partial charge in [-0.25, -0.2) is 0 Å². The van der Waals surface area contributed by atoms with Gasteiger partial charge < -0.3 is 14.4 Å². The highest BCUT2D eigenvalue weighted by molar-refractivity contribution is 8.68. The average molecular weight is 305 g/mol. The van der Waals surface area contributed by atoms with Gasteiger partial charge in [0.15, 0.2) is 0 Å². The molecule has 1 aromatic carbocycles. The van der Waals surface area contributed by atoms with Crippen molar-refractivity contribution in [3.05, 3.63) is 35.9 Å². The van der Waals surface area contributed by atoms with Crippen LogP contribution < -0.4 is 5.32 Å². The number of benzene rings is 1. The molecule has 100 valence electrons. The zero-order valence-corrected chi connectivity index (χ0v) is 12.8. The first-order chi connectivity index (χ1) is 8.59. The Hall–Kier alpha value is -0.390. The maximum Gasteiger partial charge on any atom is 0.247 e. The van der Waals surface area contributed by atoms with Gasteiger partial charge in [-0.1, -0.05) is 41.7 Å². The Morgan fingerprint density at radius 2 is 1.94 bits per heavy atom. The van der Waals surface area contributed by atoms with E-state index < -0.39 is 5.69 Å². The molecule has 0 fully saturated rings. The van der Waals surface area contributed by atoms with Crippen LogP contribution in [0.25, 0.3) is 0 Å². The van der Waals surface area contributed by atoms with Crippen molar-refractivity contribution < 1.29 is 13.8 Å². The molecule has 1 amide bonds. The van der Waals surface area contributed by atoms with E-state index in [1.54, 1.807) is 0 Å². The van der Waals surface area contributed by atoms with E-state index in [1.165, 1.54) is 25.6 Å². The number of hydrogen-bond acceptors (Lipinski definition) is 5. The second kappa shape index (κ2) is 7.92. The van der Waals surface area contributed by atoms with Gasteiger partial charge in [0.2, 0.25) is 11.6 Å². The maximum absolute atomic E-state index is 11.6.